The number of nitrogens with two attached hydrogens (primary N) is 1. The molecular weight excluding hydrogens is 1010 g/mol. The third kappa shape index (κ3) is 17.6. The predicted octanol–water partition coefficient (Wildman–Crippen LogP) is 7.71. The molecule has 416 valence electrons. The molecule has 7 N–H and O–H groups in total. The van der Waals surface area contributed by atoms with Gasteiger partial charge in [0, 0.05) is 62.2 Å². The number of ether oxygens (including phenoxy) is 4. The molecule has 1 aliphatic rings. The molecule has 0 unspecified atom stereocenters. The van der Waals surface area contributed by atoms with Crippen molar-refractivity contribution in [3.8, 4) is 10.4 Å². The van der Waals surface area contributed by atoms with Gasteiger partial charge in [0.05, 0.1) is 92.5 Å². The lowest BCUT2D eigenvalue weighted by molar-refractivity contribution is -0.144. The van der Waals surface area contributed by atoms with Crippen LogP contribution in [0.5, 0.6) is 0 Å². The van der Waals surface area contributed by atoms with Crippen molar-refractivity contribution in [2.24, 2.45) is 5.41 Å². The molecule has 1 saturated heterocycles. The number of fused-ring (bicyclic) bond motifs is 1. The van der Waals surface area contributed by atoms with E-state index in [1.165, 1.54) is 21.9 Å². The van der Waals surface area contributed by atoms with Crippen LogP contribution in [-0.2, 0) is 51.1 Å². The lowest BCUT2D eigenvalue weighted by Gasteiger charge is -2.35. The number of carbonyl (C=O) groups excluding carboxylic acids is 4. The van der Waals surface area contributed by atoms with Gasteiger partial charge in [0.1, 0.15) is 12.1 Å². The summed E-state index contributed by atoms with van der Waals surface area (Å²) < 4.78 is 23.1. The Bertz CT molecular complexity index is 2900. The Morgan fingerprint density at radius 2 is 1.53 bits per heavy atom. The van der Waals surface area contributed by atoms with E-state index < -0.39 is 29.5 Å². The van der Waals surface area contributed by atoms with E-state index in [0.29, 0.717) is 51.0 Å². The van der Waals surface area contributed by atoms with E-state index in [0.717, 1.165) is 64.4 Å². The number of nitrogen functional groups attached to an aromatic ring is 1. The van der Waals surface area contributed by atoms with Crippen LogP contribution in [-0.4, -0.2) is 139 Å². The summed E-state index contributed by atoms with van der Waals surface area (Å²) in [5.74, 6) is -1.40. The number of likely N-dealkylation sites (tertiary alicyclic amines) is 1. The Morgan fingerprint density at radius 3 is 2.21 bits per heavy atom. The molecule has 0 saturated carbocycles. The maximum absolute atomic E-state index is 14.1. The number of amides is 4. The number of aromatic amines is 1. The van der Waals surface area contributed by atoms with Crippen molar-refractivity contribution in [3.05, 3.63) is 143 Å². The first-order chi connectivity index (χ1) is 37.6. The van der Waals surface area contributed by atoms with Crippen LogP contribution in [0.25, 0.3) is 27.4 Å². The van der Waals surface area contributed by atoms with Crippen LogP contribution < -0.4 is 21.7 Å². The summed E-state index contributed by atoms with van der Waals surface area (Å²) in [6, 6.07) is 29.4. The second-order valence-corrected chi connectivity index (χ2v) is 21.5. The number of carbonyl (C=O) groups is 4. The van der Waals surface area contributed by atoms with Crippen molar-refractivity contribution in [1.29, 1.82) is 0 Å². The number of H-pyrrole nitrogens is 1. The molecule has 2 aromatic heterocycles. The second-order valence-electron chi connectivity index (χ2n) is 20.6. The van der Waals surface area contributed by atoms with E-state index in [9.17, 15) is 24.3 Å². The monoisotopic (exact) mass is 1080 g/mol. The summed E-state index contributed by atoms with van der Waals surface area (Å²) in [4.78, 5) is 66.0. The maximum atomic E-state index is 14.1. The first-order valence-electron chi connectivity index (χ1n) is 26.7. The second kappa shape index (κ2) is 29.3. The van der Waals surface area contributed by atoms with E-state index in [2.05, 4.69) is 67.3 Å². The zero-order valence-corrected chi connectivity index (χ0v) is 46.3. The standard InChI is InChI=1S/C60H76N8O9S/c1-41(45-19-21-46(22-20-45)56-42(2)63-40-78-56)64-58(72)53-36-48(69)39-68(53)59(73)57(60(3,4)5)66-55(71)25-28-74-30-32-76-34-35-77-33-31-75-29-27-67(26-24-47-37-62-51-12-8-6-10-49(47)51)38-44-16-14-43(15-17-44)18-23-54(70)65-52-13-9-7-11-50(52)61/h6-23,37,40-41,48,53,57,62,69H,24-36,38-39,61H2,1-5H3,(H,64,72)(H,65,70)(H,66,71)/b23-18+/t41-,48+,53-,57+/m0/s1. The summed E-state index contributed by atoms with van der Waals surface area (Å²) in [5, 5.41) is 20.6. The Morgan fingerprint density at radius 1 is 0.859 bits per heavy atom. The fourth-order valence-electron chi connectivity index (χ4n) is 9.21. The highest BCUT2D eigenvalue weighted by molar-refractivity contribution is 7.13. The van der Waals surface area contributed by atoms with Crippen molar-refractivity contribution in [3.63, 3.8) is 0 Å². The van der Waals surface area contributed by atoms with Gasteiger partial charge in [0.2, 0.25) is 23.6 Å². The van der Waals surface area contributed by atoms with Crippen molar-refractivity contribution in [2.75, 3.05) is 83.5 Å². The number of nitrogens with zero attached hydrogens (tertiary/aromatic N) is 3. The largest absolute Gasteiger partial charge is 0.397 e. The molecule has 4 aromatic carbocycles. The highest BCUT2D eigenvalue weighted by Gasteiger charge is 2.44. The molecule has 4 atom stereocenters. The number of benzene rings is 4. The van der Waals surface area contributed by atoms with E-state index in [1.54, 1.807) is 29.5 Å². The Balaban J connectivity index is 0.759. The number of thiazole rings is 1. The molecule has 0 spiro atoms. The van der Waals surface area contributed by atoms with Gasteiger partial charge < -0.3 is 55.6 Å². The van der Waals surface area contributed by atoms with Gasteiger partial charge in [-0.05, 0) is 77.8 Å². The molecule has 0 radical (unpaired) electrons. The Labute approximate surface area is 461 Å². The Hall–Kier alpha value is -6.77. The molecule has 7 rings (SSSR count). The lowest BCUT2D eigenvalue weighted by atomic mass is 9.85. The van der Waals surface area contributed by atoms with Crippen LogP contribution in [0.2, 0.25) is 0 Å². The number of para-hydroxylation sites is 3. The van der Waals surface area contributed by atoms with E-state index in [4.69, 9.17) is 24.7 Å². The van der Waals surface area contributed by atoms with Crippen molar-refractivity contribution in [1.82, 2.24) is 30.4 Å². The zero-order valence-electron chi connectivity index (χ0n) is 45.5. The van der Waals surface area contributed by atoms with Gasteiger partial charge in [-0.15, -0.1) is 11.3 Å². The number of rotatable bonds is 29. The quantitative estimate of drug-likeness (QED) is 0.0151. The van der Waals surface area contributed by atoms with Gasteiger partial charge >= 0.3 is 0 Å². The molecule has 0 bridgehead atoms. The molecule has 18 heteroatoms. The molecule has 1 fully saturated rings. The smallest absolute Gasteiger partial charge is 0.248 e. The molecule has 4 amide bonds. The molecule has 1 aliphatic heterocycles. The number of hydrogen-bond acceptors (Lipinski definition) is 13. The lowest BCUT2D eigenvalue weighted by Crippen LogP contribution is -2.58. The van der Waals surface area contributed by atoms with Gasteiger partial charge in [0.25, 0.3) is 0 Å². The van der Waals surface area contributed by atoms with Crippen LogP contribution in [0.1, 0.15) is 74.5 Å². The van der Waals surface area contributed by atoms with Crippen LogP contribution >= 0.6 is 11.3 Å². The van der Waals surface area contributed by atoms with Crippen molar-refractivity contribution < 1.29 is 43.2 Å². The molecule has 0 aliphatic carbocycles. The number of aliphatic hydroxyl groups is 1. The Kier molecular flexibility index (Phi) is 22.1. The maximum Gasteiger partial charge on any atom is 0.248 e. The fourth-order valence-corrected chi connectivity index (χ4v) is 10.0. The van der Waals surface area contributed by atoms with Crippen molar-refractivity contribution in [2.45, 2.75) is 84.7 Å². The molecule has 78 heavy (non-hydrogen) atoms. The number of hydrogen-bond donors (Lipinski definition) is 6. The van der Waals surface area contributed by atoms with Crippen LogP contribution in [0.15, 0.2) is 115 Å². The highest BCUT2D eigenvalue weighted by atomic mass is 32.1. The number of β-amino-alcohol motifs (C(OH)–C–C–N with tert-alkyl or cyclic N) is 1. The average Bonchev–Trinajstić information content (AvgIpc) is 4.18. The minimum absolute atomic E-state index is 0.0116. The van der Waals surface area contributed by atoms with E-state index in [-0.39, 0.29) is 56.4 Å². The first-order valence-corrected chi connectivity index (χ1v) is 27.6. The number of anilines is 2. The molecule has 6 aromatic rings. The highest BCUT2D eigenvalue weighted by Crippen LogP contribution is 2.30. The summed E-state index contributed by atoms with van der Waals surface area (Å²) in [7, 11) is 0. The summed E-state index contributed by atoms with van der Waals surface area (Å²) >= 11 is 1.57. The number of nitrogens with one attached hydrogen (secondary N) is 4. The van der Waals surface area contributed by atoms with Gasteiger partial charge in [-0.2, -0.15) is 0 Å². The predicted molar refractivity (Wildman–Crippen MR) is 306 cm³/mol. The normalized spacial score (nSPS) is 15.5. The van der Waals surface area contributed by atoms with Gasteiger partial charge in [-0.3, -0.25) is 24.1 Å². The molecule has 17 nitrogen and oxygen atoms in total. The molecular formula is C60H76N8O9S. The number of aryl methyl sites for hydroxylation is 1. The van der Waals surface area contributed by atoms with Gasteiger partial charge in [-0.25, -0.2) is 4.98 Å². The summed E-state index contributed by atoms with van der Waals surface area (Å²) in [5.41, 5.74) is 15.5. The first kappa shape index (κ1) is 58.9. The van der Waals surface area contributed by atoms with Gasteiger partial charge in [0.15, 0.2) is 0 Å². The third-order valence-electron chi connectivity index (χ3n) is 13.6. The summed E-state index contributed by atoms with van der Waals surface area (Å²) in [6.45, 7) is 14.6. The SMILES string of the molecule is Cc1ncsc1-c1ccc([C@H](C)NC(=O)[C@@H]2C[C@@H](O)CN2C(=O)[C@@H](NC(=O)CCOCCOCCOCCOCCN(CCc2c[nH]c3ccccc23)Cc2ccc(/C=C/C(=O)Nc3ccccc3N)cc2)C(C)(C)C)cc1. The van der Waals surface area contributed by atoms with Crippen LogP contribution in [0, 0.1) is 12.3 Å². The molecule has 3 heterocycles. The minimum Gasteiger partial charge on any atom is -0.397 e. The minimum atomic E-state index is -0.939. The summed E-state index contributed by atoms with van der Waals surface area (Å²) in [6.07, 6.45) is 5.49. The average molecular weight is 1090 g/mol. The van der Waals surface area contributed by atoms with Crippen molar-refractivity contribution >= 4 is 63.3 Å². The van der Waals surface area contributed by atoms with E-state index >= 15 is 0 Å². The zero-order chi connectivity index (χ0) is 55.4. The number of aromatic nitrogens is 2. The van der Waals surface area contributed by atoms with Crippen LogP contribution in [0.4, 0.5) is 11.4 Å². The van der Waals surface area contributed by atoms with Crippen LogP contribution in [0.3, 0.4) is 0 Å². The fraction of sp³-hybridized carbons (Fsp3) is 0.417. The number of aliphatic hydroxyl groups excluding tert-OH is 1. The van der Waals surface area contributed by atoms with Gasteiger partial charge in [-0.1, -0.05) is 99.6 Å². The van der Waals surface area contributed by atoms with E-state index in [1.807, 2.05) is 94.7 Å². The topological polar surface area (TPSA) is 223 Å². The third-order valence-corrected chi connectivity index (χ3v) is 14.6.